The zero-order chi connectivity index (χ0) is 32.3. The van der Waals surface area contributed by atoms with E-state index in [1.54, 1.807) is 13.2 Å². The molecule has 0 saturated heterocycles. The molecule has 2 aromatic rings. The Kier molecular flexibility index (Phi) is 10.8. The molecule has 5 rings (SSSR count). The third kappa shape index (κ3) is 7.48. The molecule has 0 radical (unpaired) electrons. The van der Waals surface area contributed by atoms with Crippen LogP contribution in [-0.2, 0) is 21.2 Å². The first-order chi connectivity index (χ1) is 20.7. The van der Waals surface area contributed by atoms with Crippen molar-refractivity contribution in [1.82, 2.24) is 4.31 Å². The highest BCUT2D eigenvalue weighted by atomic mass is 32.2. The van der Waals surface area contributed by atoms with Gasteiger partial charge in [0.1, 0.15) is 0 Å². The number of benzene rings is 2. The van der Waals surface area contributed by atoms with Crippen LogP contribution in [0.3, 0.4) is 0 Å². The summed E-state index contributed by atoms with van der Waals surface area (Å²) in [4.78, 5) is 14.0. The van der Waals surface area contributed by atoms with E-state index in [1.807, 2.05) is 26.0 Å². The quantitative estimate of drug-likeness (QED) is 0.214. The first-order valence-corrected chi connectivity index (χ1v) is 17.2. The molecule has 0 aromatic heterocycles. The molecule has 3 aliphatic rings. The van der Waals surface area contributed by atoms with Gasteiger partial charge in [-0.05, 0) is 99.6 Å². The van der Waals surface area contributed by atoms with Crippen molar-refractivity contribution in [2.45, 2.75) is 82.8 Å². The maximum atomic E-state index is 14.2. The molecule has 0 unspecified atom stereocenters. The lowest BCUT2D eigenvalue weighted by molar-refractivity contribution is -0.0726. The maximum absolute atomic E-state index is 14.2. The van der Waals surface area contributed by atoms with Crippen LogP contribution in [0.1, 0.15) is 91.8 Å². The number of aliphatic hydroxyl groups excluding tert-OH is 1. The van der Waals surface area contributed by atoms with Crippen LogP contribution in [0.4, 0.5) is 8.78 Å². The first kappa shape index (κ1) is 34.4. The smallest absolute Gasteiger partial charge is 0.211 e. The van der Waals surface area contributed by atoms with Crippen molar-refractivity contribution < 1.29 is 36.9 Å². The molecule has 0 spiro atoms. The molecule has 0 aliphatic heterocycles. The number of rotatable bonds is 9. The predicted molar refractivity (Wildman–Crippen MR) is 166 cm³/mol. The number of ether oxygens (including phenoxy) is 1. The third-order valence-corrected chi connectivity index (χ3v) is 11.0. The summed E-state index contributed by atoms with van der Waals surface area (Å²) in [6.45, 7) is 4.48. The van der Waals surface area contributed by atoms with Crippen molar-refractivity contribution in [3.05, 3.63) is 81.9 Å². The Hall–Kier alpha value is -2.50. The van der Waals surface area contributed by atoms with Gasteiger partial charge in [-0.1, -0.05) is 30.7 Å². The van der Waals surface area contributed by atoms with Crippen molar-refractivity contribution in [3.63, 3.8) is 0 Å². The Morgan fingerprint density at radius 2 is 1.86 bits per heavy atom. The van der Waals surface area contributed by atoms with Gasteiger partial charge in [-0.25, -0.2) is 17.2 Å². The summed E-state index contributed by atoms with van der Waals surface area (Å²) in [6.07, 6.45) is 6.58. The van der Waals surface area contributed by atoms with Gasteiger partial charge in [0, 0.05) is 43.3 Å². The minimum atomic E-state index is -3.65. The summed E-state index contributed by atoms with van der Waals surface area (Å²) in [5, 5.41) is 23.2. The summed E-state index contributed by atoms with van der Waals surface area (Å²) in [5.74, 6) is -2.99. The summed E-state index contributed by atoms with van der Waals surface area (Å²) >= 11 is 0. The van der Waals surface area contributed by atoms with Gasteiger partial charge < -0.3 is 14.9 Å². The normalized spacial score (nSPS) is 26.3. The van der Waals surface area contributed by atoms with E-state index >= 15 is 0 Å². The highest BCUT2D eigenvalue weighted by Crippen LogP contribution is 2.59. The summed E-state index contributed by atoms with van der Waals surface area (Å²) in [7, 11) is -2.10. The van der Waals surface area contributed by atoms with E-state index in [0.29, 0.717) is 69.1 Å². The van der Waals surface area contributed by atoms with Crippen molar-refractivity contribution in [2.75, 3.05) is 33.1 Å². The van der Waals surface area contributed by atoms with Gasteiger partial charge in [0.15, 0.2) is 17.4 Å². The third-order valence-electron chi connectivity index (χ3n) is 9.76. The average molecular weight is 634 g/mol. The molecule has 10 heteroatoms. The number of sulfonamides is 1. The molecule has 4 atom stereocenters. The molecule has 2 bridgehead atoms. The lowest BCUT2D eigenvalue weighted by atomic mass is 9.64. The summed E-state index contributed by atoms with van der Waals surface area (Å²) in [5.41, 5.74) is 0.584. The number of hydrogen-bond acceptors (Lipinski definition) is 6. The number of carbonyl (C=O) groups excluding carboxylic acids is 1. The maximum Gasteiger partial charge on any atom is 0.211 e. The van der Waals surface area contributed by atoms with E-state index in [-0.39, 0.29) is 24.6 Å². The highest BCUT2D eigenvalue weighted by Gasteiger charge is 2.57. The molecule has 0 heterocycles. The van der Waals surface area contributed by atoms with Crippen LogP contribution in [0.15, 0.2) is 48.0 Å². The van der Waals surface area contributed by atoms with E-state index in [1.165, 1.54) is 10.4 Å². The molecular formula is C34H45F2NO6S. The largest absolute Gasteiger partial charge is 0.393 e. The van der Waals surface area contributed by atoms with Crippen LogP contribution in [0.5, 0.6) is 0 Å². The van der Waals surface area contributed by atoms with Gasteiger partial charge in [-0.2, -0.15) is 4.31 Å². The molecule has 1 saturated carbocycles. The van der Waals surface area contributed by atoms with E-state index in [0.717, 1.165) is 29.5 Å². The van der Waals surface area contributed by atoms with Crippen LogP contribution in [0, 0.1) is 17.0 Å². The minimum absolute atomic E-state index is 0.00104. The number of halogens is 2. The number of aliphatic hydroxyl groups is 2. The van der Waals surface area contributed by atoms with Crippen LogP contribution < -0.4 is 0 Å². The van der Waals surface area contributed by atoms with Crippen molar-refractivity contribution in [1.29, 1.82) is 0 Å². The zero-order valence-electron chi connectivity index (χ0n) is 26.1. The van der Waals surface area contributed by atoms with E-state index in [9.17, 15) is 32.2 Å². The topological polar surface area (TPSA) is 104 Å². The van der Waals surface area contributed by atoms with E-state index < -0.39 is 44.6 Å². The predicted octanol–water partition coefficient (Wildman–Crippen LogP) is 5.53. The molecule has 7 nitrogen and oxygen atoms in total. The van der Waals surface area contributed by atoms with E-state index in [4.69, 9.17) is 4.74 Å². The minimum Gasteiger partial charge on any atom is -0.393 e. The molecular weight excluding hydrogens is 588 g/mol. The average Bonchev–Trinajstić information content (AvgIpc) is 3.21. The lowest BCUT2D eigenvalue weighted by Crippen LogP contribution is -2.53. The second-order valence-corrected chi connectivity index (χ2v) is 14.8. The van der Waals surface area contributed by atoms with Gasteiger partial charge >= 0.3 is 0 Å². The van der Waals surface area contributed by atoms with Crippen LogP contribution >= 0.6 is 0 Å². The number of ketones is 1. The second-order valence-electron chi connectivity index (χ2n) is 12.8. The Balaban J connectivity index is 1.84. The van der Waals surface area contributed by atoms with Gasteiger partial charge in [0.25, 0.3) is 0 Å². The number of fused-ring (bicyclic) bond motifs is 8. The molecule has 2 aromatic carbocycles. The van der Waals surface area contributed by atoms with Crippen LogP contribution in [-0.4, -0.2) is 73.5 Å². The molecule has 0 amide bonds. The first-order valence-electron chi connectivity index (χ1n) is 15.3. The molecule has 44 heavy (non-hydrogen) atoms. The number of methoxy groups -OCH3 is 1. The Morgan fingerprint density at radius 3 is 2.55 bits per heavy atom. The fourth-order valence-electron chi connectivity index (χ4n) is 7.03. The van der Waals surface area contributed by atoms with Crippen molar-refractivity contribution in [2.24, 2.45) is 5.41 Å². The number of nitrogens with zero attached hydrogens (tertiary/aromatic N) is 1. The Morgan fingerprint density at radius 1 is 1.11 bits per heavy atom. The Bertz CT molecular complexity index is 1490. The van der Waals surface area contributed by atoms with Crippen LogP contribution in [0.2, 0.25) is 0 Å². The fraction of sp³-hybridized carbons (Fsp3) is 0.559. The SMILES string of the molecule is COCCCN(C[C@]1(O)CC[C@H]2c3ccc(cc3C(=O)c3ccc(F)c(F)c3)C[C@@H](O)CCC(C)=CCC[C@@]21C)S(C)(=O)=O. The monoisotopic (exact) mass is 633 g/mol. The lowest BCUT2D eigenvalue weighted by Gasteiger charge is -2.45. The molecule has 2 N–H and O–H groups in total. The fourth-order valence-corrected chi connectivity index (χ4v) is 7.94. The summed E-state index contributed by atoms with van der Waals surface area (Å²) in [6, 6.07) is 8.53. The molecule has 242 valence electrons. The molecule has 3 aliphatic carbocycles. The molecule has 1 fully saturated rings. The number of hydrogen-bond donors (Lipinski definition) is 2. The second kappa shape index (κ2) is 13.9. The summed E-state index contributed by atoms with van der Waals surface area (Å²) < 4.78 is 60.2. The zero-order valence-corrected chi connectivity index (χ0v) is 26.9. The van der Waals surface area contributed by atoms with Gasteiger partial charge in [-0.15, -0.1) is 0 Å². The van der Waals surface area contributed by atoms with Gasteiger partial charge in [0.05, 0.1) is 18.0 Å². The van der Waals surface area contributed by atoms with E-state index in [2.05, 4.69) is 6.08 Å². The van der Waals surface area contributed by atoms with Gasteiger partial charge in [0.2, 0.25) is 10.0 Å². The Labute approximate surface area is 260 Å². The van der Waals surface area contributed by atoms with Crippen molar-refractivity contribution >= 4 is 15.8 Å². The number of carbonyl (C=O) groups is 1. The standard InChI is InChI=1S/C34H45F2NO6S/c1-23-7-5-15-33(2)29(14-16-34(33,40)22-37(44(4,41)42)17-6-18-43-3)27-12-9-24(19-26(38)11-8-23)20-28(27)32(39)25-10-13-30(35)31(36)21-25/h7,9-10,12-13,20-21,26,29,38,40H,5-6,8,11,14-19,22H2,1-4H3/t26-,29-,33-,34+/m0/s1. The number of allylic oxidation sites excluding steroid dienone is 2. The highest BCUT2D eigenvalue weighted by molar-refractivity contribution is 7.88. The van der Waals surface area contributed by atoms with Gasteiger partial charge in [-0.3, -0.25) is 4.79 Å². The van der Waals surface area contributed by atoms with Crippen molar-refractivity contribution in [3.8, 4) is 0 Å². The van der Waals surface area contributed by atoms with Crippen LogP contribution in [0.25, 0.3) is 0 Å².